The van der Waals surface area contributed by atoms with E-state index in [-0.39, 0.29) is 5.39 Å². The van der Waals surface area contributed by atoms with Gasteiger partial charge in [-0.2, -0.15) is 4.39 Å². The smallest absolute Gasteiger partial charge is 0.335 e. The molecule has 0 bridgehead atoms. The third kappa shape index (κ3) is 3.08. The molecule has 4 nitrogen and oxygen atoms in total. The highest BCUT2D eigenvalue weighted by Gasteiger charge is 2.21. The summed E-state index contributed by atoms with van der Waals surface area (Å²) in [5.41, 5.74) is 0. The zero-order valence-electron chi connectivity index (χ0n) is 11.6. The topological polar surface area (TPSA) is 52.6 Å². The Morgan fingerprint density at radius 3 is 2.00 bits per heavy atom. The maximum absolute atomic E-state index is 14.2. The number of hydrogen-bond acceptors (Lipinski definition) is 4. The molecule has 0 atom stereocenters. The summed E-state index contributed by atoms with van der Waals surface area (Å²) < 4.78 is 51.3. The van der Waals surface area contributed by atoms with Gasteiger partial charge in [-0.15, -0.1) is 0 Å². The van der Waals surface area contributed by atoms with E-state index in [4.69, 9.17) is 0 Å². The van der Waals surface area contributed by atoms with Crippen molar-refractivity contribution in [3.8, 4) is 11.5 Å². The molecule has 0 fully saturated rings. The van der Waals surface area contributed by atoms with Crippen LogP contribution in [0.15, 0.2) is 43.5 Å². The first kappa shape index (κ1) is 16.3. The lowest BCUT2D eigenvalue weighted by Gasteiger charge is -2.10. The molecule has 0 saturated carbocycles. The van der Waals surface area contributed by atoms with E-state index >= 15 is 0 Å². The number of ether oxygens (including phenoxy) is 2. The van der Waals surface area contributed by atoms with E-state index in [2.05, 4.69) is 22.6 Å². The van der Waals surface area contributed by atoms with E-state index in [9.17, 15) is 22.8 Å². The van der Waals surface area contributed by atoms with Gasteiger partial charge in [-0.3, -0.25) is 0 Å². The van der Waals surface area contributed by atoms with Gasteiger partial charge in [-0.05, 0) is 17.5 Å². The van der Waals surface area contributed by atoms with Gasteiger partial charge in [-0.1, -0.05) is 19.2 Å². The highest BCUT2D eigenvalue weighted by Crippen LogP contribution is 2.34. The molecule has 0 amide bonds. The molecule has 23 heavy (non-hydrogen) atoms. The van der Waals surface area contributed by atoms with Crippen molar-refractivity contribution < 1.29 is 32.2 Å². The van der Waals surface area contributed by atoms with Gasteiger partial charge in [0, 0.05) is 12.2 Å². The van der Waals surface area contributed by atoms with Crippen molar-refractivity contribution in [2.75, 3.05) is 0 Å². The number of benzene rings is 2. The SMILES string of the molecule is C=CC(=O)Oc1cc2ccc(OC(=O)C=C)c(F)c2c(F)c1F. The predicted molar refractivity (Wildman–Crippen MR) is 75.5 cm³/mol. The fourth-order valence-corrected chi connectivity index (χ4v) is 1.79. The van der Waals surface area contributed by atoms with Crippen LogP contribution in [0.1, 0.15) is 0 Å². The van der Waals surface area contributed by atoms with Crippen LogP contribution in [0.2, 0.25) is 0 Å². The first-order valence-electron chi connectivity index (χ1n) is 6.17. The molecule has 0 aliphatic carbocycles. The molecule has 0 unspecified atom stereocenters. The molecule has 0 aliphatic heterocycles. The van der Waals surface area contributed by atoms with Crippen LogP contribution >= 0.6 is 0 Å². The van der Waals surface area contributed by atoms with Crippen molar-refractivity contribution in [2.24, 2.45) is 0 Å². The maximum Gasteiger partial charge on any atom is 0.335 e. The average molecular weight is 322 g/mol. The van der Waals surface area contributed by atoms with Gasteiger partial charge in [0.1, 0.15) is 0 Å². The molecular formula is C16H9F3O4. The number of hydrogen-bond donors (Lipinski definition) is 0. The lowest BCUT2D eigenvalue weighted by Crippen LogP contribution is -2.07. The lowest BCUT2D eigenvalue weighted by molar-refractivity contribution is -0.130. The molecule has 0 N–H and O–H groups in total. The minimum absolute atomic E-state index is 0.0911. The Labute approximate surface area is 128 Å². The van der Waals surface area contributed by atoms with E-state index in [0.717, 1.165) is 24.3 Å². The molecule has 0 heterocycles. The van der Waals surface area contributed by atoms with Crippen molar-refractivity contribution in [3.63, 3.8) is 0 Å². The van der Waals surface area contributed by atoms with Crippen LogP contribution in [0.4, 0.5) is 13.2 Å². The number of rotatable bonds is 4. The molecule has 2 rings (SSSR count). The summed E-state index contributed by atoms with van der Waals surface area (Å²) in [6, 6.07) is 3.17. The summed E-state index contributed by atoms with van der Waals surface area (Å²) in [7, 11) is 0. The van der Waals surface area contributed by atoms with Gasteiger partial charge in [0.2, 0.25) is 5.82 Å². The number of esters is 2. The largest absolute Gasteiger partial charge is 0.420 e. The second-order valence-corrected chi connectivity index (χ2v) is 4.23. The Hall–Kier alpha value is -3.09. The summed E-state index contributed by atoms with van der Waals surface area (Å²) in [6.07, 6.45) is 1.55. The Balaban J connectivity index is 2.62. The zero-order valence-corrected chi connectivity index (χ0v) is 11.6. The molecule has 0 spiro atoms. The Morgan fingerprint density at radius 1 is 0.870 bits per heavy atom. The number of carbonyl (C=O) groups is 2. The van der Waals surface area contributed by atoms with Gasteiger partial charge in [0.05, 0.1) is 5.39 Å². The van der Waals surface area contributed by atoms with Gasteiger partial charge in [0.15, 0.2) is 23.1 Å². The first-order chi connectivity index (χ1) is 10.9. The Kier molecular flexibility index (Phi) is 4.49. The van der Waals surface area contributed by atoms with Crippen molar-refractivity contribution in [1.82, 2.24) is 0 Å². The fourth-order valence-electron chi connectivity index (χ4n) is 1.79. The van der Waals surface area contributed by atoms with Crippen LogP contribution in [0.25, 0.3) is 10.8 Å². The third-order valence-electron chi connectivity index (χ3n) is 2.81. The number of fused-ring (bicyclic) bond motifs is 1. The Bertz CT molecular complexity index is 843. The van der Waals surface area contributed by atoms with Crippen molar-refractivity contribution in [2.45, 2.75) is 0 Å². The van der Waals surface area contributed by atoms with E-state index in [1.54, 1.807) is 0 Å². The van der Waals surface area contributed by atoms with Gasteiger partial charge >= 0.3 is 11.9 Å². The van der Waals surface area contributed by atoms with Crippen molar-refractivity contribution >= 4 is 22.7 Å². The molecule has 0 radical (unpaired) electrons. The summed E-state index contributed by atoms with van der Waals surface area (Å²) in [4.78, 5) is 22.2. The van der Waals surface area contributed by atoms with Crippen LogP contribution in [0.5, 0.6) is 11.5 Å². The van der Waals surface area contributed by atoms with E-state index < -0.39 is 46.3 Å². The molecule has 0 aromatic heterocycles. The fraction of sp³-hybridized carbons (Fsp3) is 0. The summed E-state index contributed by atoms with van der Waals surface area (Å²) in [5, 5.41) is -0.832. The second-order valence-electron chi connectivity index (χ2n) is 4.23. The Morgan fingerprint density at radius 2 is 1.43 bits per heavy atom. The number of carbonyl (C=O) groups excluding carboxylic acids is 2. The highest BCUT2D eigenvalue weighted by atomic mass is 19.2. The van der Waals surface area contributed by atoms with Crippen LogP contribution in [0, 0.1) is 17.5 Å². The molecule has 2 aromatic rings. The lowest BCUT2D eigenvalue weighted by atomic mass is 10.1. The van der Waals surface area contributed by atoms with Crippen LogP contribution in [-0.2, 0) is 9.59 Å². The van der Waals surface area contributed by atoms with Gasteiger partial charge < -0.3 is 9.47 Å². The van der Waals surface area contributed by atoms with Crippen molar-refractivity contribution in [1.29, 1.82) is 0 Å². The molecular weight excluding hydrogens is 313 g/mol. The monoisotopic (exact) mass is 322 g/mol. The normalized spacial score (nSPS) is 10.2. The minimum atomic E-state index is -1.58. The van der Waals surface area contributed by atoms with Gasteiger partial charge in [-0.25, -0.2) is 18.4 Å². The number of halogens is 3. The minimum Gasteiger partial charge on any atom is -0.420 e. The summed E-state index contributed by atoms with van der Waals surface area (Å²) >= 11 is 0. The molecule has 118 valence electrons. The third-order valence-corrected chi connectivity index (χ3v) is 2.81. The van der Waals surface area contributed by atoms with Crippen molar-refractivity contribution in [3.05, 3.63) is 61.0 Å². The molecule has 0 aliphatic rings. The highest BCUT2D eigenvalue weighted by molar-refractivity contribution is 5.90. The zero-order chi connectivity index (χ0) is 17.1. The molecule has 7 heteroatoms. The molecule has 2 aromatic carbocycles. The second kappa shape index (κ2) is 6.35. The summed E-state index contributed by atoms with van der Waals surface area (Å²) in [5.74, 6) is -7.66. The summed E-state index contributed by atoms with van der Waals surface area (Å²) in [6.45, 7) is 6.27. The maximum atomic E-state index is 14.2. The van der Waals surface area contributed by atoms with E-state index in [0.29, 0.717) is 0 Å². The standard InChI is InChI=1S/C16H9F3O4/c1-3-11(20)22-9-6-5-8-7-10(23-12(21)4-2)15(18)16(19)13(8)14(9)17/h3-7H,1-2H2. The first-order valence-corrected chi connectivity index (χ1v) is 6.17. The predicted octanol–water partition coefficient (Wildman–Crippen LogP) is 3.44. The van der Waals surface area contributed by atoms with Gasteiger partial charge in [0.25, 0.3) is 0 Å². The average Bonchev–Trinajstić information content (AvgIpc) is 2.54. The quantitative estimate of drug-likeness (QED) is 0.491. The van der Waals surface area contributed by atoms with Crippen LogP contribution in [0.3, 0.4) is 0 Å². The van der Waals surface area contributed by atoms with Crippen LogP contribution in [-0.4, -0.2) is 11.9 Å². The van der Waals surface area contributed by atoms with E-state index in [1.807, 2.05) is 0 Å². The molecule has 0 saturated heterocycles. The van der Waals surface area contributed by atoms with E-state index in [1.165, 1.54) is 6.07 Å². The van der Waals surface area contributed by atoms with Crippen LogP contribution < -0.4 is 9.47 Å².